The first kappa shape index (κ1) is 25.5. The van der Waals surface area contributed by atoms with Crippen LogP contribution in [0.25, 0.3) is 0 Å². The van der Waals surface area contributed by atoms with E-state index in [9.17, 15) is 19.8 Å². The molecule has 0 aliphatic carbocycles. The van der Waals surface area contributed by atoms with Crippen LogP contribution >= 0.6 is 23.5 Å². The van der Waals surface area contributed by atoms with Crippen molar-refractivity contribution in [2.24, 2.45) is 0 Å². The minimum atomic E-state index is -0.155. The Hall–Kier alpha value is -2.72. The van der Waals surface area contributed by atoms with Crippen molar-refractivity contribution in [3.8, 4) is 23.0 Å². The van der Waals surface area contributed by atoms with Gasteiger partial charge >= 0.3 is 0 Å². The second-order valence-electron chi connectivity index (χ2n) is 6.40. The minimum absolute atomic E-state index is 0.0645. The van der Waals surface area contributed by atoms with E-state index in [0.29, 0.717) is 37.8 Å². The van der Waals surface area contributed by atoms with Gasteiger partial charge in [0, 0.05) is 22.9 Å². The van der Waals surface area contributed by atoms with E-state index in [0.717, 1.165) is 9.79 Å². The molecule has 2 aromatic carbocycles. The number of rotatable bonds is 13. The highest BCUT2D eigenvalue weighted by molar-refractivity contribution is 8.00. The lowest BCUT2D eigenvalue weighted by Crippen LogP contribution is -2.36. The summed E-state index contributed by atoms with van der Waals surface area (Å²) >= 11 is 2.66. The standard InChI is InChI=1S/C22H28N2O6S2/c1-3-29-19-11-15(5-7-17(19)25)31-13-21(27)23-9-10-24-22(28)14-32-16-6-8-18(26)20(12-16)30-4-2/h5-8,11-12,25-26H,3-4,9-10,13-14H2,1-2H3,(H,23,27)(H,24,28). The predicted molar refractivity (Wildman–Crippen MR) is 126 cm³/mol. The molecule has 4 N–H and O–H groups in total. The van der Waals surface area contributed by atoms with Gasteiger partial charge in [0.15, 0.2) is 23.0 Å². The molecule has 174 valence electrons. The summed E-state index contributed by atoms with van der Waals surface area (Å²) in [4.78, 5) is 25.6. The largest absolute Gasteiger partial charge is 0.504 e. The number of ether oxygens (including phenoxy) is 2. The highest BCUT2D eigenvalue weighted by Gasteiger charge is 2.09. The Morgan fingerprint density at radius 1 is 0.781 bits per heavy atom. The van der Waals surface area contributed by atoms with E-state index >= 15 is 0 Å². The first-order chi connectivity index (χ1) is 15.4. The number of phenols is 2. The molecule has 2 rings (SSSR count). The first-order valence-corrected chi connectivity index (χ1v) is 12.1. The third kappa shape index (κ3) is 8.80. The summed E-state index contributed by atoms with van der Waals surface area (Å²) in [6.07, 6.45) is 0. The number of hydrogen-bond donors (Lipinski definition) is 4. The van der Waals surface area contributed by atoms with Crippen molar-refractivity contribution in [2.45, 2.75) is 23.6 Å². The molecule has 0 saturated heterocycles. The first-order valence-electron chi connectivity index (χ1n) is 10.1. The molecule has 0 aliphatic rings. The highest BCUT2D eigenvalue weighted by atomic mass is 32.2. The van der Waals surface area contributed by atoms with E-state index in [1.807, 2.05) is 13.8 Å². The Kier molecular flexibility index (Phi) is 10.9. The van der Waals surface area contributed by atoms with Gasteiger partial charge in [-0.25, -0.2) is 0 Å². The third-order valence-corrected chi connectivity index (χ3v) is 5.96. The molecule has 0 spiro atoms. The van der Waals surface area contributed by atoms with E-state index in [2.05, 4.69) is 10.6 Å². The van der Waals surface area contributed by atoms with Gasteiger partial charge in [-0.05, 0) is 50.2 Å². The van der Waals surface area contributed by atoms with E-state index in [4.69, 9.17) is 9.47 Å². The molecule has 2 amide bonds. The lowest BCUT2D eigenvalue weighted by atomic mass is 10.3. The van der Waals surface area contributed by atoms with Crippen LogP contribution in [0, 0.1) is 0 Å². The number of amides is 2. The third-order valence-electron chi connectivity index (χ3n) is 3.97. The van der Waals surface area contributed by atoms with Crippen LogP contribution in [-0.2, 0) is 9.59 Å². The zero-order valence-corrected chi connectivity index (χ0v) is 19.7. The number of hydrogen-bond acceptors (Lipinski definition) is 8. The van der Waals surface area contributed by atoms with Crippen molar-refractivity contribution in [2.75, 3.05) is 37.8 Å². The summed E-state index contributed by atoms with van der Waals surface area (Å²) in [5, 5.41) is 24.9. The Bertz CT molecular complexity index is 836. The summed E-state index contributed by atoms with van der Waals surface area (Å²) in [5.74, 6) is 1.02. The summed E-state index contributed by atoms with van der Waals surface area (Å²) in [5.41, 5.74) is 0. The van der Waals surface area contributed by atoms with Crippen molar-refractivity contribution in [1.82, 2.24) is 10.6 Å². The molecule has 0 unspecified atom stereocenters. The molecule has 0 atom stereocenters. The smallest absolute Gasteiger partial charge is 0.230 e. The van der Waals surface area contributed by atoms with Crippen LogP contribution in [0.15, 0.2) is 46.2 Å². The average Bonchev–Trinajstić information content (AvgIpc) is 2.78. The van der Waals surface area contributed by atoms with Crippen LogP contribution < -0.4 is 20.1 Å². The number of benzene rings is 2. The van der Waals surface area contributed by atoms with Gasteiger partial charge in [0.25, 0.3) is 0 Å². The maximum atomic E-state index is 12.0. The number of phenolic OH excluding ortho intramolecular Hbond substituents is 2. The summed E-state index contributed by atoms with van der Waals surface area (Å²) in [7, 11) is 0. The molecule has 0 fully saturated rings. The fraction of sp³-hybridized carbons (Fsp3) is 0.364. The van der Waals surface area contributed by atoms with E-state index in [-0.39, 0.29) is 34.8 Å². The van der Waals surface area contributed by atoms with Crippen molar-refractivity contribution in [3.63, 3.8) is 0 Å². The molecule has 8 nitrogen and oxygen atoms in total. The van der Waals surface area contributed by atoms with Crippen LogP contribution in [0.1, 0.15) is 13.8 Å². The van der Waals surface area contributed by atoms with Crippen LogP contribution in [0.4, 0.5) is 0 Å². The molecule has 0 heterocycles. The normalized spacial score (nSPS) is 10.4. The molecule has 0 bridgehead atoms. The quantitative estimate of drug-likeness (QED) is 0.255. The zero-order chi connectivity index (χ0) is 23.3. The molecular weight excluding hydrogens is 452 g/mol. The minimum Gasteiger partial charge on any atom is -0.504 e. The second kappa shape index (κ2) is 13.6. The summed E-state index contributed by atoms with van der Waals surface area (Å²) in [6, 6.07) is 9.90. The van der Waals surface area contributed by atoms with Gasteiger partial charge in [0.05, 0.1) is 24.7 Å². The predicted octanol–water partition coefficient (Wildman–Crippen LogP) is 3.01. The van der Waals surface area contributed by atoms with Gasteiger partial charge in [-0.2, -0.15) is 0 Å². The van der Waals surface area contributed by atoms with Crippen molar-refractivity contribution < 1.29 is 29.3 Å². The Balaban J connectivity index is 1.63. The number of carbonyl (C=O) groups is 2. The number of thioether (sulfide) groups is 2. The molecule has 10 heteroatoms. The van der Waals surface area contributed by atoms with Gasteiger partial charge in [-0.1, -0.05) is 0 Å². The van der Waals surface area contributed by atoms with Crippen LogP contribution in [0.3, 0.4) is 0 Å². The fourth-order valence-electron chi connectivity index (χ4n) is 2.51. The average molecular weight is 481 g/mol. The lowest BCUT2D eigenvalue weighted by molar-refractivity contribution is -0.120. The molecule has 32 heavy (non-hydrogen) atoms. The van der Waals surface area contributed by atoms with Crippen LogP contribution in [0.5, 0.6) is 23.0 Å². The van der Waals surface area contributed by atoms with Gasteiger partial charge in [0.1, 0.15) is 0 Å². The molecule has 0 aromatic heterocycles. The van der Waals surface area contributed by atoms with Crippen molar-refractivity contribution in [3.05, 3.63) is 36.4 Å². The number of carbonyl (C=O) groups excluding carboxylic acids is 2. The van der Waals surface area contributed by atoms with E-state index in [1.54, 1.807) is 24.3 Å². The van der Waals surface area contributed by atoms with E-state index < -0.39 is 0 Å². The topological polar surface area (TPSA) is 117 Å². The molecular formula is C22H28N2O6S2. The van der Waals surface area contributed by atoms with Gasteiger partial charge in [-0.15, -0.1) is 23.5 Å². The lowest BCUT2D eigenvalue weighted by Gasteiger charge is -2.10. The Morgan fingerprint density at radius 2 is 1.19 bits per heavy atom. The summed E-state index contributed by atoms with van der Waals surface area (Å²) in [6.45, 7) is 5.18. The van der Waals surface area contributed by atoms with Crippen molar-refractivity contribution in [1.29, 1.82) is 0 Å². The summed E-state index contributed by atoms with van der Waals surface area (Å²) < 4.78 is 10.7. The molecule has 0 radical (unpaired) electrons. The Morgan fingerprint density at radius 3 is 1.56 bits per heavy atom. The SMILES string of the molecule is CCOc1cc(SCC(=O)NCCNC(=O)CSc2ccc(O)c(OCC)c2)ccc1O. The van der Waals surface area contributed by atoms with E-state index in [1.165, 1.54) is 35.7 Å². The van der Waals surface area contributed by atoms with Gasteiger partial charge in [0.2, 0.25) is 11.8 Å². The Labute approximate surface area is 196 Å². The molecule has 0 aliphatic heterocycles. The highest BCUT2D eigenvalue weighted by Crippen LogP contribution is 2.32. The monoisotopic (exact) mass is 480 g/mol. The van der Waals surface area contributed by atoms with Gasteiger partial charge < -0.3 is 30.3 Å². The number of nitrogens with one attached hydrogen (secondary N) is 2. The zero-order valence-electron chi connectivity index (χ0n) is 18.1. The van der Waals surface area contributed by atoms with Crippen molar-refractivity contribution >= 4 is 35.3 Å². The molecule has 2 aromatic rings. The maximum absolute atomic E-state index is 12.0. The maximum Gasteiger partial charge on any atom is 0.230 e. The number of aromatic hydroxyl groups is 2. The van der Waals surface area contributed by atoms with Crippen LogP contribution in [-0.4, -0.2) is 59.8 Å². The second-order valence-corrected chi connectivity index (χ2v) is 8.50. The molecule has 0 saturated carbocycles. The fourth-order valence-corrected chi connectivity index (χ4v) is 4.02. The van der Waals surface area contributed by atoms with Gasteiger partial charge in [-0.3, -0.25) is 9.59 Å². The van der Waals surface area contributed by atoms with Crippen LogP contribution in [0.2, 0.25) is 0 Å².